The second-order valence-electron chi connectivity index (χ2n) is 9.20. The van der Waals surface area contributed by atoms with Gasteiger partial charge in [0, 0.05) is 37.1 Å². The third-order valence-corrected chi connectivity index (χ3v) is 6.28. The van der Waals surface area contributed by atoms with Gasteiger partial charge in [0.15, 0.2) is 11.5 Å². The molecular weight excluding hydrogens is 410 g/mol. The summed E-state index contributed by atoms with van der Waals surface area (Å²) < 4.78 is 17.8. The number of pyridine rings is 1. The third kappa shape index (κ3) is 9.00. The van der Waals surface area contributed by atoms with Crippen LogP contribution in [0.4, 0.5) is 0 Å². The molecule has 4 nitrogen and oxygen atoms in total. The molecular formula is C29H43NO3. The molecule has 0 saturated carbocycles. The van der Waals surface area contributed by atoms with Gasteiger partial charge in [-0.2, -0.15) is 0 Å². The first kappa shape index (κ1) is 25.6. The van der Waals surface area contributed by atoms with E-state index < -0.39 is 0 Å². The van der Waals surface area contributed by atoms with Gasteiger partial charge in [-0.05, 0) is 55.9 Å². The van der Waals surface area contributed by atoms with Gasteiger partial charge in [0.05, 0.1) is 0 Å². The number of rotatable bonds is 17. The molecule has 0 amide bonds. The predicted octanol–water partition coefficient (Wildman–Crippen LogP) is 8.13. The fourth-order valence-corrected chi connectivity index (χ4v) is 4.20. The standard InChI is InChI=1S/C29H43NO3/c1-3-5-7-9-10-14-26-18-16-25(23-30-26)24-17-19-27-28(22-24)33-29(32-27)15-11-13-21-31-20-12-8-6-4-2/h16-19,22-23,29H,3-15,20-21H2,1-2H3. The van der Waals surface area contributed by atoms with Gasteiger partial charge in [-0.15, -0.1) is 0 Å². The Balaban J connectivity index is 1.37. The fraction of sp³-hybridized carbons (Fsp3) is 0.621. The van der Waals surface area contributed by atoms with Crippen LogP contribution in [0.5, 0.6) is 11.5 Å². The lowest BCUT2D eigenvalue weighted by molar-refractivity contribution is 0.0366. The quantitative estimate of drug-likeness (QED) is 0.227. The average Bonchev–Trinajstić information content (AvgIpc) is 3.25. The maximum absolute atomic E-state index is 6.07. The molecule has 2 aromatic rings. The molecule has 0 bridgehead atoms. The van der Waals surface area contributed by atoms with E-state index in [9.17, 15) is 0 Å². The maximum atomic E-state index is 6.07. The minimum absolute atomic E-state index is 0.187. The molecule has 1 aromatic carbocycles. The Bertz CT molecular complexity index is 790. The highest BCUT2D eigenvalue weighted by Crippen LogP contribution is 2.39. The lowest BCUT2D eigenvalue weighted by atomic mass is 10.1. The average molecular weight is 454 g/mol. The van der Waals surface area contributed by atoms with Crippen LogP contribution >= 0.6 is 0 Å². The van der Waals surface area contributed by atoms with Gasteiger partial charge in [0.1, 0.15) is 0 Å². The van der Waals surface area contributed by atoms with Crippen molar-refractivity contribution in [3.05, 3.63) is 42.2 Å². The number of fused-ring (bicyclic) bond motifs is 1. The highest BCUT2D eigenvalue weighted by Gasteiger charge is 2.24. The summed E-state index contributed by atoms with van der Waals surface area (Å²) in [6.07, 6.45) is 17.4. The number of unbranched alkanes of at least 4 members (excludes halogenated alkanes) is 8. The van der Waals surface area contributed by atoms with Crippen LogP contribution in [-0.4, -0.2) is 24.5 Å². The van der Waals surface area contributed by atoms with E-state index in [-0.39, 0.29) is 6.29 Å². The molecule has 1 aromatic heterocycles. The first-order valence-corrected chi connectivity index (χ1v) is 13.3. The predicted molar refractivity (Wildman–Crippen MR) is 136 cm³/mol. The van der Waals surface area contributed by atoms with Gasteiger partial charge in [-0.1, -0.05) is 70.9 Å². The van der Waals surface area contributed by atoms with Crippen LogP contribution in [0.15, 0.2) is 36.5 Å². The highest BCUT2D eigenvalue weighted by atomic mass is 16.7. The van der Waals surface area contributed by atoms with Gasteiger partial charge in [0.25, 0.3) is 0 Å². The van der Waals surface area contributed by atoms with E-state index in [4.69, 9.17) is 14.2 Å². The van der Waals surface area contributed by atoms with Crippen LogP contribution < -0.4 is 9.47 Å². The molecule has 1 unspecified atom stereocenters. The number of hydrogen-bond acceptors (Lipinski definition) is 4. The van der Waals surface area contributed by atoms with E-state index >= 15 is 0 Å². The van der Waals surface area contributed by atoms with E-state index in [1.165, 1.54) is 63.5 Å². The van der Waals surface area contributed by atoms with Crippen molar-refractivity contribution >= 4 is 0 Å². The minimum atomic E-state index is -0.187. The van der Waals surface area contributed by atoms with Crippen molar-refractivity contribution in [2.75, 3.05) is 13.2 Å². The smallest absolute Gasteiger partial charge is 0.241 e. The van der Waals surface area contributed by atoms with E-state index in [1.807, 2.05) is 12.3 Å². The van der Waals surface area contributed by atoms with Crippen LogP contribution in [0.3, 0.4) is 0 Å². The highest BCUT2D eigenvalue weighted by molar-refractivity contribution is 5.67. The second kappa shape index (κ2) is 15.0. The van der Waals surface area contributed by atoms with E-state index in [0.29, 0.717) is 0 Å². The summed E-state index contributed by atoms with van der Waals surface area (Å²) in [5, 5.41) is 0. The van der Waals surface area contributed by atoms with Gasteiger partial charge >= 0.3 is 0 Å². The number of aromatic nitrogens is 1. The molecule has 3 rings (SSSR count). The Hall–Kier alpha value is -2.07. The van der Waals surface area contributed by atoms with Crippen LogP contribution in [0.2, 0.25) is 0 Å². The van der Waals surface area contributed by atoms with E-state index in [0.717, 1.165) is 61.5 Å². The lowest BCUT2D eigenvalue weighted by Crippen LogP contribution is -2.17. The van der Waals surface area contributed by atoms with Crippen molar-refractivity contribution in [3.8, 4) is 22.6 Å². The maximum Gasteiger partial charge on any atom is 0.241 e. The molecule has 1 aliphatic rings. The van der Waals surface area contributed by atoms with Crippen molar-refractivity contribution in [2.45, 2.75) is 104 Å². The minimum Gasteiger partial charge on any atom is -0.451 e. The van der Waals surface area contributed by atoms with Crippen LogP contribution in [-0.2, 0) is 11.2 Å². The summed E-state index contributed by atoms with van der Waals surface area (Å²) >= 11 is 0. The van der Waals surface area contributed by atoms with Gasteiger partial charge < -0.3 is 14.2 Å². The molecule has 0 saturated heterocycles. The summed E-state index contributed by atoms with van der Waals surface area (Å²) in [4.78, 5) is 4.68. The van der Waals surface area contributed by atoms with Crippen molar-refractivity contribution < 1.29 is 14.2 Å². The third-order valence-electron chi connectivity index (χ3n) is 6.28. The Labute approximate surface area is 201 Å². The van der Waals surface area contributed by atoms with Crippen molar-refractivity contribution in [2.24, 2.45) is 0 Å². The van der Waals surface area contributed by atoms with Crippen molar-refractivity contribution in [1.29, 1.82) is 0 Å². The first-order valence-electron chi connectivity index (χ1n) is 13.3. The zero-order valence-corrected chi connectivity index (χ0v) is 20.8. The number of ether oxygens (including phenoxy) is 3. The second-order valence-corrected chi connectivity index (χ2v) is 9.20. The summed E-state index contributed by atoms with van der Waals surface area (Å²) in [6, 6.07) is 10.5. The van der Waals surface area contributed by atoms with Crippen molar-refractivity contribution in [1.82, 2.24) is 4.98 Å². The van der Waals surface area contributed by atoms with Gasteiger partial charge in [-0.3, -0.25) is 4.98 Å². The molecule has 0 spiro atoms. The zero-order valence-electron chi connectivity index (χ0n) is 20.8. The van der Waals surface area contributed by atoms with Crippen LogP contribution in [0.1, 0.15) is 96.6 Å². The molecule has 0 fully saturated rings. The Morgan fingerprint density at radius 1 is 0.727 bits per heavy atom. The molecule has 2 heterocycles. The normalized spacial score (nSPS) is 14.7. The van der Waals surface area contributed by atoms with Crippen LogP contribution in [0.25, 0.3) is 11.1 Å². The fourth-order valence-electron chi connectivity index (χ4n) is 4.20. The SMILES string of the molecule is CCCCCCCc1ccc(-c2ccc3c(c2)OC(CCCCOCCCCCC)O3)cn1. The number of benzene rings is 1. The molecule has 0 radical (unpaired) electrons. The van der Waals surface area contributed by atoms with Gasteiger partial charge in [-0.25, -0.2) is 0 Å². The van der Waals surface area contributed by atoms with Crippen molar-refractivity contribution in [3.63, 3.8) is 0 Å². The monoisotopic (exact) mass is 453 g/mol. The van der Waals surface area contributed by atoms with E-state index in [2.05, 4.69) is 43.1 Å². The van der Waals surface area contributed by atoms with Crippen LogP contribution in [0, 0.1) is 0 Å². The Morgan fingerprint density at radius 3 is 2.18 bits per heavy atom. The summed E-state index contributed by atoms with van der Waals surface area (Å²) in [7, 11) is 0. The zero-order chi connectivity index (χ0) is 23.1. The summed E-state index contributed by atoms with van der Waals surface area (Å²) in [5.74, 6) is 1.68. The topological polar surface area (TPSA) is 40.6 Å². The molecule has 0 N–H and O–H groups in total. The summed E-state index contributed by atoms with van der Waals surface area (Å²) in [5.41, 5.74) is 3.42. The number of aryl methyl sites for hydroxylation is 1. The molecule has 1 atom stereocenters. The summed E-state index contributed by atoms with van der Waals surface area (Å²) in [6.45, 7) is 6.21. The molecule has 182 valence electrons. The largest absolute Gasteiger partial charge is 0.451 e. The Kier molecular flexibility index (Phi) is 11.6. The lowest BCUT2D eigenvalue weighted by Gasteiger charge is -2.10. The van der Waals surface area contributed by atoms with Gasteiger partial charge in [0.2, 0.25) is 6.29 Å². The molecule has 1 aliphatic heterocycles. The molecule has 4 heteroatoms. The molecule has 33 heavy (non-hydrogen) atoms. The first-order chi connectivity index (χ1) is 16.3. The van der Waals surface area contributed by atoms with E-state index in [1.54, 1.807) is 0 Å². The number of hydrogen-bond donors (Lipinski definition) is 0. The molecule has 0 aliphatic carbocycles. The Morgan fingerprint density at radius 2 is 1.42 bits per heavy atom. The number of nitrogens with zero attached hydrogens (tertiary/aromatic N) is 1.